The second kappa shape index (κ2) is 18.3. The predicted octanol–water partition coefficient (Wildman–Crippen LogP) is 8.38. The van der Waals surface area contributed by atoms with Crippen LogP contribution in [0, 0.1) is 0 Å². The SMILES string of the molecule is CCCCCCCC(CCCC1CCO1)OC(CCCCCCC)CCCC1CCO1. The lowest BCUT2D eigenvalue weighted by atomic mass is 9.98. The Labute approximate surface area is 194 Å². The van der Waals surface area contributed by atoms with E-state index in [2.05, 4.69) is 13.8 Å². The van der Waals surface area contributed by atoms with Gasteiger partial charge < -0.3 is 14.2 Å². The third kappa shape index (κ3) is 13.2. The molecule has 0 aromatic rings. The molecule has 0 radical (unpaired) electrons. The summed E-state index contributed by atoms with van der Waals surface area (Å²) in [7, 11) is 0. The molecule has 2 aliphatic heterocycles. The summed E-state index contributed by atoms with van der Waals surface area (Å²) in [6.07, 6.45) is 28.1. The maximum Gasteiger partial charge on any atom is 0.0597 e. The normalized spacial score (nSPS) is 22.6. The first-order valence-electron chi connectivity index (χ1n) is 14.2. The lowest BCUT2D eigenvalue weighted by Gasteiger charge is -2.30. The molecule has 0 spiro atoms. The second-order valence-electron chi connectivity index (χ2n) is 10.2. The number of ether oxygens (including phenoxy) is 3. The van der Waals surface area contributed by atoms with Crippen molar-refractivity contribution in [3.8, 4) is 0 Å². The molecule has 4 atom stereocenters. The first-order chi connectivity index (χ1) is 15.3. The van der Waals surface area contributed by atoms with Crippen LogP contribution < -0.4 is 0 Å². The zero-order valence-electron chi connectivity index (χ0n) is 21.1. The summed E-state index contributed by atoms with van der Waals surface area (Å²) in [6, 6.07) is 0. The molecule has 0 saturated carbocycles. The van der Waals surface area contributed by atoms with E-state index in [4.69, 9.17) is 14.2 Å². The van der Waals surface area contributed by atoms with Crippen molar-refractivity contribution in [2.75, 3.05) is 13.2 Å². The van der Waals surface area contributed by atoms with E-state index in [1.807, 2.05) is 0 Å². The van der Waals surface area contributed by atoms with E-state index in [0.717, 1.165) is 13.2 Å². The molecule has 2 heterocycles. The third-order valence-corrected chi connectivity index (χ3v) is 7.34. The van der Waals surface area contributed by atoms with E-state index in [1.165, 1.54) is 128 Å². The van der Waals surface area contributed by atoms with Gasteiger partial charge in [-0.15, -0.1) is 0 Å². The minimum atomic E-state index is 0.460. The van der Waals surface area contributed by atoms with Gasteiger partial charge in [-0.2, -0.15) is 0 Å². The molecule has 0 aliphatic carbocycles. The lowest BCUT2D eigenvalue weighted by molar-refractivity contribution is -0.0669. The van der Waals surface area contributed by atoms with E-state index in [0.29, 0.717) is 24.4 Å². The van der Waals surface area contributed by atoms with Crippen molar-refractivity contribution < 1.29 is 14.2 Å². The average Bonchev–Trinajstić information content (AvgIpc) is 2.70. The smallest absolute Gasteiger partial charge is 0.0597 e. The molecule has 0 aromatic heterocycles. The monoisotopic (exact) mass is 438 g/mol. The number of unbranched alkanes of at least 4 members (excludes halogenated alkanes) is 8. The molecule has 3 heteroatoms. The van der Waals surface area contributed by atoms with Gasteiger partial charge in [-0.05, 0) is 64.2 Å². The summed E-state index contributed by atoms with van der Waals surface area (Å²) in [6.45, 7) is 6.56. The molecule has 31 heavy (non-hydrogen) atoms. The van der Waals surface area contributed by atoms with Gasteiger partial charge in [0.15, 0.2) is 0 Å². The van der Waals surface area contributed by atoms with Crippen molar-refractivity contribution in [2.24, 2.45) is 0 Å². The summed E-state index contributed by atoms with van der Waals surface area (Å²) in [5, 5.41) is 0. The summed E-state index contributed by atoms with van der Waals surface area (Å²) in [5.74, 6) is 0. The Hall–Kier alpha value is -0.120. The molecule has 2 rings (SSSR count). The Bertz CT molecular complexity index is 356. The highest BCUT2D eigenvalue weighted by Crippen LogP contribution is 2.25. The molecular formula is C28H54O3. The first-order valence-corrected chi connectivity index (χ1v) is 14.2. The van der Waals surface area contributed by atoms with Crippen LogP contribution in [0.25, 0.3) is 0 Å². The van der Waals surface area contributed by atoms with Gasteiger partial charge >= 0.3 is 0 Å². The van der Waals surface area contributed by atoms with Crippen LogP contribution in [0.5, 0.6) is 0 Å². The van der Waals surface area contributed by atoms with Crippen molar-refractivity contribution >= 4 is 0 Å². The molecule has 3 nitrogen and oxygen atoms in total. The van der Waals surface area contributed by atoms with E-state index in [1.54, 1.807) is 0 Å². The van der Waals surface area contributed by atoms with Crippen molar-refractivity contribution in [2.45, 2.75) is 167 Å². The highest BCUT2D eigenvalue weighted by atomic mass is 16.5. The van der Waals surface area contributed by atoms with Crippen molar-refractivity contribution in [3.63, 3.8) is 0 Å². The van der Waals surface area contributed by atoms with Gasteiger partial charge in [-0.3, -0.25) is 0 Å². The Morgan fingerprint density at radius 2 is 0.968 bits per heavy atom. The summed E-state index contributed by atoms with van der Waals surface area (Å²) in [5.41, 5.74) is 0. The first kappa shape index (κ1) is 27.1. The number of rotatable bonds is 22. The Morgan fingerprint density at radius 1 is 0.581 bits per heavy atom. The van der Waals surface area contributed by atoms with Crippen LogP contribution in [-0.4, -0.2) is 37.6 Å². The van der Waals surface area contributed by atoms with Crippen LogP contribution in [0.15, 0.2) is 0 Å². The van der Waals surface area contributed by atoms with Gasteiger partial charge in [-0.25, -0.2) is 0 Å². The van der Waals surface area contributed by atoms with Crippen molar-refractivity contribution in [1.82, 2.24) is 0 Å². The molecule has 0 bridgehead atoms. The van der Waals surface area contributed by atoms with E-state index in [9.17, 15) is 0 Å². The molecule has 0 aromatic carbocycles. The van der Waals surface area contributed by atoms with Gasteiger partial charge in [-0.1, -0.05) is 78.1 Å². The zero-order chi connectivity index (χ0) is 22.0. The molecule has 0 N–H and O–H groups in total. The highest BCUT2D eigenvalue weighted by Gasteiger charge is 2.22. The molecule has 2 aliphatic rings. The largest absolute Gasteiger partial charge is 0.378 e. The Balaban J connectivity index is 1.74. The van der Waals surface area contributed by atoms with Gasteiger partial charge in [0.05, 0.1) is 24.4 Å². The summed E-state index contributed by atoms with van der Waals surface area (Å²) in [4.78, 5) is 0. The van der Waals surface area contributed by atoms with Crippen LogP contribution in [0.2, 0.25) is 0 Å². The molecular weight excluding hydrogens is 384 g/mol. The van der Waals surface area contributed by atoms with Gasteiger partial charge in [0, 0.05) is 13.2 Å². The molecule has 4 unspecified atom stereocenters. The quantitative estimate of drug-likeness (QED) is 0.159. The molecule has 0 amide bonds. The summed E-state index contributed by atoms with van der Waals surface area (Å²) >= 11 is 0. The Morgan fingerprint density at radius 3 is 1.32 bits per heavy atom. The second-order valence-corrected chi connectivity index (χ2v) is 10.2. The fraction of sp³-hybridized carbons (Fsp3) is 1.00. The maximum absolute atomic E-state index is 6.85. The fourth-order valence-corrected chi connectivity index (χ4v) is 4.95. The minimum Gasteiger partial charge on any atom is -0.378 e. The fourth-order valence-electron chi connectivity index (χ4n) is 4.95. The molecule has 2 fully saturated rings. The zero-order valence-corrected chi connectivity index (χ0v) is 21.1. The molecule has 2 saturated heterocycles. The topological polar surface area (TPSA) is 27.7 Å². The van der Waals surface area contributed by atoms with Crippen LogP contribution in [0.4, 0.5) is 0 Å². The average molecular weight is 439 g/mol. The standard InChI is InChI=1S/C28H54O3/c1-3-5-7-9-11-15-27(19-13-17-25-21-23-29-25)31-28(16-12-10-8-6-4-2)20-14-18-26-22-24-30-26/h25-28H,3-24H2,1-2H3. The van der Waals surface area contributed by atoms with Crippen LogP contribution in [0.1, 0.15) is 142 Å². The molecule has 184 valence electrons. The Kier molecular flexibility index (Phi) is 16.0. The van der Waals surface area contributed by atoms with E-state index < -0.39 is 0 Å². The van der Waals surface area contributed by atoms with Gasteiger partial charge in [0.25, 0.3) is 0 Å². The van der Waals surface area contributed by atoms with Crippen LogP contribution in [0.3, 0.4) is 0 Å². The van der Waals surface area contributed by atoms with Crippen LogP contribution in [-0.2, 0) is 14.2 Å². The summed E-state index contributed by atoms with van der Waals surface area (Å²) < 4.78 is 18.1. The lowest BCUT2D eigenvalue weighted by Crippen LogP contribution is -2.28. The van der Waals surface area contributed by atoms with E-state index in [-0.39, 0.29) is 0 Å². The van der Waals surface area contributed by atoms with Gasteiger partial charge in [0.1, 0.15) is 0 Å². The maximum atomic E-state index is 6.85. The van der Waals surface area contributed by atoms with Crippen molar-refractivity contribution in [3.05, 3.63) is 0 Å². The van der Waals surface area contributed by atoms with E-state index >= 15 is 0 Å². The van der Waals surface area contributed by atoms with Gasteiger partial charge in [0.2, 0.25) is 0 Å². The number of hydrogen-bond donors (Lipinski definition) is 0. The number of hydrogen-bond acceptors (Lipinski definition) is 3. The predicted molar refractivity (Wildman–Crippen MR) is 132 cm³/mol. The van der Waals surface area contributed by atoms with Crippen LogP contribution >= 0.6 is 0 Å². The third-order valence-electron chi connectivity index (χ3n) is 7.34. The van der Waals surface area contributed by atoms with Crippen molar-refractivity contribution in [1.29, 1.82) is 0 Å². The minimum absolute atomic E-state index is 0.460. The highest BCUT2D eigenvalue weighted by molar-refractivity contribution is 4.72.